The number of aliphatic hydroxyl groups excluding tert-OH is 1. The molecule has 0 spiro atoms. The lowest BCUT2D eigenvalue weighted by atomic mass is 10.1. The van der Waals surface area contributed by atoms with E-state index in [0.717, 1.165) is 11.8 Å². The second-order valence-electron chi connectivity index (χ2n) is 3.65. The van der Waals surface area contributed by atoms with Gasteiger partial charge in [-0.15, -0.1) is 0 Å². The fourth-order valence-electron chi connectivity index (χ4n) is 1.24. The summed E-state index contributed by atoms with van der Waals surface area (Å²) in [5.41, 5.74) is 1.38. The van der Waals surface area contributed by atoms with Gasteiger partial charge in [0.15, 0.2) is 9.84 Å². The second kappa shape index (κ2) is 4.64. The summed E-state index contributed by atoms with van der Waals surface area (Å²) in [5.74, 6) is 0. The zero-order chi connectivity index (χ0) is 12.6. The van der Waals surface area contributed by atoms with E-state index in [4.69, 9.17) is 11.6 Å². The van der Waals surface area contributed by atoms with Gasteiger partial charge in [0.1, 0.15) is 6.10 Å². The van der Waals surface area contributed by atoms with Crippen LogP contribution >= 0.6 is 27.5 Å². The highest BCUT2D eigenvalue weighted by Crippen LogP contribution is 2.42. The van der Waals surface area contributed by atoms with Gasteiger partial charge in [-0.2, -0.15) is 0 Å². The van der Waals surface area contributed by atoms with E-state index in [1.807, 2.05) is 13.0 Å². The third kappa shape index (κ3) is 2.77. The third-order valence-corrected chi connectivity index (χ3v) is 6.63. The summed E-state index contributed by atoms with van der Waals surface area (Å²) in [6.45, 7) is 1.85. The van der Waals surface area contributed by atoms with Crippen molar-refractivity contribution >= 4 is 37.4 Å². The Kier molecular flexibility index (Phi) is 4.05. The Bertz CT molecular complexity index is 485. The minimum Gasteiger partial charge on any atom is -0.385 e. The maximum absolute atomic E-state index is 11.4. The molecule has 0 aliphatic rings. The summed E-state index contributed by atoms with van der Waals surface area (Å²) >= 11 is 8.68. The van der Waals surface area contributed by atoms with E-state index >= 15 is 0 Å². The van der Waals surface area contributed by atoms with Gasteiger partial charge in [0.05, 0.1) is 0 Å². The normalized spacial score (nSPS) is 17.8. The second-order valence-corrected chi connectivity index (χ2v) is 8.89. The van der Waals surface area contributed by atoms with Crippen molar-refractivity contribution in [2.75, 3.05) is 6.26 Å². The van der Waals surface area contributed by atoms with Crippen molar-refractivity contribution in [1.82, 2.24) is 0 Å². The molecule has 1 aromatic carbocycles. The van der Waals surface area contributed by atoms with Crippen LogP contribution < -0.4 is 0 Å². The van der Waals surface area contributed by atoms with Crippen LogP contribution in [0, 0.1) is 6.92 Å². The van der Waals surface area contributed by atoms with E-state index in [2.05, 4.69) is 15.9 Å². The Morgan fingerprint density at radius 2 is 2.06 bits per heavy atom. The van der Waals surface area contributed by atoms with Gasteiger partial charge in [0, 0.05) is 6.26 Å². The van der Waals surface area contributed by atoms with Gasteiger partial charge in [-0.1, -0.05) is 41.4 Å². The topological polar surface area (TPSA) is 54.4 Å². The highest BCUT2D eigenvalue weighted by atomic mass is 79.9. The molecule has 0 saturated carbocycles. The molecule has 6 heteroatoms. The number of alkyl halides is 2. The van der Waals surface area contributed by atoms with Crippen molar-refractivity contribution in [3.63, 3.8) is 0 Å². The van der Waals surface area contributed by atoms with Crippen molar-refractivity contribution in [3.8, 4) is 0 Å². The smallest absolute Gasteiger partial charge is 0.228 e. The minimum atomic E-state index is -3.63. The first-order chi connectivity index (χ1) is 7.16. The van der Waals surface area contributed by atoms with Gasteiger partial charge in [-0.25, -0.2) is 8.42 Å². The maximum Gasteiger partial charge on any atom is 0.228 e. The van der Waals surface area contributed by atoms with Gasteiger partial charge in [-0.3, -0.25) is 0 Å². The average molecular weight is 328 g/mol. The number of aryl methyl sites for hydroxylation is 1. The molecule has 0 radical (unpaired) electrons. The van der Waals surface area contributed by atoms with E-state index in [1.54, 1.807) is 18.2 Å². The number of sulfone groups is 1. The predicted octanol–water partition coefficient (Wildman–Crippen LogP) is 2.36. The van der Waals surface area contributed by atoms with Crippen LogP contribution in [0.5, 0.6) is 0 Å². The fourth-order valence-corrected chi connectivity index (χ4v) is 2.17. The van der Waals surface area contributed by atoms with Crippen LogP contribution in [0.15, 0.2) is 24.3 Å². The molecule has 90 valence electrons. The van der Waals surface area contributed by atoms with Crippen LogP contribution in [0.1, 0.15) is 17.2 Å². The summed E-state index contributed by atoms with van der Waals surface area (Å²) in [4.78, 5) is 0. The van der Waals surface area contributed by atoms with Gasteiger partial charge in [-0.05, 0) is 28.4 Å². The van der Waals surface area contributed by atoms with E-state index < -0.39 is 19.1 Å². The zero-order valence-electron chi connectivity index (χ0n) is 8.81. The summed E-state index contributed by atoms with van der Waals surface area (Å²) in [7, 11) is -3.63. The molecule has 2 atom stereocenters. The quantitative estimate of drug-likeness (QED) is 0.867. The highest BCUT2D eigenvalue weighted by molar-refractivity contribution is 9.12. The Morgan fingerprint density at radius 3 is 2.50 bits per heavy atom. The third-order valence-electron chi connectivity index (χ3n) is 2.17. The summed E-state index contributed by atoms with van der Waals surface area (Å²) in [5, 5.41) is 9.95. The number of halogens is 2. The fraction of sp³-hybridized carbons (Fsp3) is 0.400. The standard InChI is InChI=1S/C10H12BrClO3S/c1-7-4-3-5-8(6-7)9(13)10(11,12)16(2,14)15/h3-6,9,13H,1-2H3/t9-,10+/m1/s1. The Hall–Kier alpha value is -0.100. The van der Waals surface area contributed by atoms with Crippen molar-refractivity contribution < 1.29 is 13.5 Å². The number of rotatable bonds is 3. The minimum absolute atomic E-state index is 0.456. The molecule has 0 unspecified atom stereocenters. The van der Waals surface area contributed by atoms with Gasteiger partial charge in [0.2, 0.25) is 3.12 Å². The Labute approximate surface area is 108 Å². The predicted molar refractivity (Wildman–Crippen MR) is 68.5 cm³/mol. The van der Waals surface area contributed by atoms with E-state index in [-0.39, 0.29) is 0 Å². The molecule has 0 bridgehead atoms. The van der Waals surface area contributed by atoms with Crippen molar-refractivity contribution in [2.45, 2.75) is 16.1 Å². The summed E-state index contributed by atoms with van der Waals surface area (Å²) < 4.78 is 20.9. The number of hydrogen-bond donors (Lipinski definition) is 1. The first-order valence-electron chi connectivity index (χ1n) is 4.48. The lowest BCUT2D eigenvalue weighted by molar-refractivity contribution is 0.185. The van der Waals surface area contributed by atoms with Crippen molar-refractivity contribution in [3.05, 3.63) is 35.4 Å². The molecule has 0 aliphatic heterocycles. The first kappa shape index (κ1) is 14.0. The lowest BCUT2D eigenvalue weighted by Crippen LogP contribution is -2.32. The highest BCUT2D eigenvalue weighted by Gasteiger charge is 2.44. The molecule has 0 fully saturated rings. The van der Waals surface area contributed by atoms with Gasteiger partial charge >= 0.3 is 0 Å². The van der Waals surface area contributed by atoms with Crippen LogP contribution in [0.4, 0.5) is 0 Å². The molecule has 1 rings (SSSR count). The van der Waals surface area contributed by atoms with Crippen LogP contribution in [0.2, 0.25) is 0 Å². The molecular formula is C10H12BrClO3S. The average Bonchev–Trinajstić information content (AvgIpc) is 2.14. The molecule has 0 aromatic heterocycles. The van der Waals surface area contributed by atoms with Crippen molar-refractivity contribution in [2.24, 2.45) is 0 Å². The molecule has 3 nitrogen and oxygen atoms in total. The molecule has 1 aromatic rings. The van der Waals surface area contributed by atoms with Gasteiger partial charge in [0.25, 0.3) is 0 Å². The maximum atomic E-state index is 11.4. The number of aliphatic hydroxyl groups is 1. The molecule has 16 heavy (non-hydrogen) atoms. The Morgan fingerprint density at radius 1 is 1.50 bits per heavy atom. The molecule has 0 saturated heterocycles. The van der Waals surface area contributed by atoms with Crippen LogP contribution in [-0.4, -0.2) is 22.9 Å². The van der Waals surface area contributed by atoms with Gasteiger partial charge < -0.3 is 5.11 Å². The van der Waals surface area contributed by atoms with E-state index in [9.17, 15) is 13.5 Å². The Balaban J connectivity index is 3.17. The molecule has 0 aliphatic carbocycles. The molecule has 0 amide bonds. The van der Waals surface area contributed by atoms with E-state index in [0.29, 0.717) is 5.56 Å². The molecule has 0 heterocycles. The van der Waals surface area contributed by atoms with Crippen LogP contribution in [0.25, 0.3) is 0 Å². The monoisotopic (exact) mass is 326 g/mol. The zero-order valence-corrected chi connectivity index (χ0v) is 12.0. The van der Waals surface area contributed by atoms with E-state index in [1.165, 1.54) is 0 Å². The molecular weight excluding hydrogens is 316 g/mol. The summed E-state index contributed by atoms with van der Waals surface area (Å²) in [6.07, 6.45) is -0.364. The van der Waals surface area contributed by atoms with Crippen molar-refractivity contribution in [1.29, 1.82) is 0 Å². The first-order valence-corrected chi connectivity index (χ1v) is 7.54. The molecule has 1 N–H and O–H groups in total. The van der Waals surface area contributed by atoms with Crippen LogP contribution in [0.3, 0.4) is 0 Å². The SMILES string of the molecule is Cc1cccc([C@@H](O)[C@@](Cl)(Br)S(C)(=O)=O)c1. The largest absolute Gasteiger partial charge is 0.385 e. The lowest BCUT2D eigenvalue weighted by Gasteiger charge is -2.24. The van der Waals surface area contributed by atoms with Crippen LogP contribution in [-0.2, 0) is 9.84 Å². The number of hydrogen-bond acceptors (Lipinski definition) is 3. The number of benzene rings is 1. The summed E-state index contributed by atoms with van der Waals surface area (Å²) in [6, 6.07) is 6.90.